The van der Waals surface area contributed by atoms with Gasteiger partial charge >= 0.3 is 0 Å². The molecule has 0 radical (unpaired) electrons. The van der Waals surface area contributed by atoms with Gasteiger partial charge in [0.1, 0.15) is 11.3 Å². The fourth-order valence-electron chi connectivity index (χ4n) is 1.28. The smallest absolute Gasteiger partial charge is 0.134 e. The zero-order chi connectivity index (χ0) is 9.26. The van der Waals surface area contributed by atoms with Crippen LogP contribution in [0.3, 0.4) is 0 Å². The summed E-state index contributed by atoms with van der Waals surface area (Å²) < 4.78 is 5.44. The molecule has 0 spiro atoms. The van der Waals surface area contributed by atoms with Crippen LogP contribution in [-0.4, -0.2) is 11.7 Å². The maximum absolute atomic E-state index is 8.83. The Hall–Kier alpha value is -1.32. The van der Waals surface area contributed by atoms with Gasteiger partial charge in [0, 0.05) is 5.39 Å². The summed E-state index contributed by atoms with van der Waals surface area (Å²) in [6.45, 7) is -0.0974. The zero-order valence-corrected chi connectivity index (χ0v) is 7.10. The Morgan fingerprint density at radius 3 is 2.85 bits per heavy atom. The van der Waals surface area contributed by atoms with Crippen LogP contribution in [0.5, 0.6) is 0 Å². The third-order valence-corrected chi connectivity index (χ3v) is 2.01. The minimum atomic E-state index is -0.424. The van der Waals surface area contributed by atoms with Crippen LogP contribution in [0, 0.1) is 0 Å². The fraction of sp³-hybridized carbons (Fsp3) is 0.200. The Labute approximate surface area is 75.8 Å². The molecule has 2 aromatic rings. The third kappa shape index (κ3) is 1.43. The summed E-state index contributed by atoms with van der Waals surface area (Å²) in [5, 5.41) is 9.84. The van der Waals surface area contributed by atoms with E-state index in [0.29, 0.717) is 5.76 Å². The van der Waals surface area contributed by atoms with Crippen molar-refractivity contribution >= 4 is 11.0 Å². The quantitative estimate of drug-likeness (QED) is 0.729. The summed E-state index contributed by atoms with van der Waals surface area (Å²) in [7, 11) is 0. The standard InChI is InChI=1S/C10H11NO2/c11-8(6-12)10-5-7-3-1-2-4-9(7)13-10/h1-5,8,12H,6,11H2/t8-/m0/s1. The second-order valence-electron chi connectivity index (χ2n) is 2.98. The summed E-state index contributed by atoms with van der Waals surface area (Å²) in [4.78, 5) is 0. The number of hydrogen-bond donors (Lipinski definition) is 2. The normalized spacial score (nSPS) is 13.4. The molecule has 0 saturated carbocycles. The lowest BCUT2D eigenvalue weighted by Gasteiger charge is -2.01. The number of hydrogen-bond acceptors (Lipinski definition) is 3. The zero-order valence-electron chi connectivity index (χ0n) is 7.10. The average Bonchev–Trinajstić information content (AvgIpc) is 2.59. The van der Waals surface area contributed by atoms with Crippen LogP contribution in [0.1, 0.15) is 11.8 Å². The predicted octanol–water partition coefficient (Wildman–Crippen LogP) is 1.42. The molecule has 0 saturated heterocycles. The van der Waals surface area contributed by atoms with Gasteiger partial charge in [-0.3, -0.25) is 0 Å². The van der Waals surface area contributed by atoms with Crippen LogP contribution in [-0.2, 0) is 0 Å². The van der Waals surface area contributed by atoms with E-state index in [9.17, 15) is 0 Å². The molecule has 3 heteroatoms. The molecule has 2 rings (SSSR count). The molecule has 0 amide bonds. The van der Waals surface area contributed by atoms with Crippen molar-refractivity contribution in [1.82, 2.24) is 0 Å². The van der Waals surface area contributed by atoms with Crippen LogP contribution < -0.4 is 5.73 Å². The Kier molecular flexibility index (Phi) is 2.04. The molecule has 0 aliphatic heterocycles. The van der Waals surface area contributed by atoms with Gasteiger partial charge in [0.2, 0.25) is 0 Å². The Balaban J connectivity index is 2.49. The largest absolute Gasteiger partial charge is 0.459 e. The lowest BCUT2D eigenvalue weighted by molar-refractivity contribution is 0.254. The summed E-state index contributed by atoms with van der Waals surface area (Å²) in [5.41, 5.74) is 6.42. The Morgan fingerprint density at radius 1 is 1.38 bits per heavy atom. The summed E-state index contributed by atoms with van der Waals surface area (Å²) >= 11 is 0. The highest BCUT2D eigenvalue weighted by atomic mass is 16.3. The van der Waals surface area contributed by atoms with Crippen LogP contribution >= 0.6 is 0 Å². The molecule has 0 aliphatic carbocycles. The number of fused-ring (bicyclic) bond motifs is 1. The number of nitrogens with two attached hydrogens (primary N) is 1. The Morgan fingerprint density at radius 2 is 2.15 bits per heavy atom. The van der Waals surface area contributed by atoms with Crippen LogP contribution in [0.4, 0.5) is 0 Å². The van der Waals surface area contributed by atoms with Crippen molar-refractivity contribution in [2.24, 2.45) is 5.73 Å². The molecular formula is C10H11NO2. The lowest BCUT2D eigenvalue weighted by Crippen LogP contribution is -2.13. The molecule has 1 heterocycles. The van der Waals surface area contributed by atoms with Gasteiger partial charge in [0.15, 0.2) is 0 Å². The van der Waals surface area contributed by atoms with Crippen molar-refractivity contribution in [2.45, 2.75) is 6.04 Å². The first-order chi connectivity index (χ1) is 6.31. The van der Waals surface area contributed by atoms with Gasteiger partial charge in [-0.15, -0.1) is 0 Å². The second-order valence-corrected chi connectivity index (χ2v) is 2.98. The molecule has 0 bridgehead atoms. The summed E-state index contributed by atoms with van der Waals surface area (Å²) in [6, 6.07) is 9.10. The molecule has 0 fully saturated rings. The fourth-order valence-corrected chi connectivity index (χ4v) is 1.28. The highest BCUT2D eigenvalue weighted by molar-refractivity contribution is 5.77. The highest BCUT2D eigenvalue weighted by Crippen LogP contribution is 2.22. The number of aliphatic hydroxyl groups is 1. The van der Waals surface area contributed by atoms with Gasteiger partial charge in [-0.2, -0.15) is 0 Å². The van der Waals surface area contributed by atoms with Crippen LogP contribution in [0.15, 0.2) is 34.7 Å². The Bertz CT molecular complexity index is 375. The van der Waals surface area contributed by atoms with E-state index in [-0.39, 0.29) is 6.61 Å². The van der Waals surface area contributed by atoms with Gasteiger partial charge in [-0.05, 0) is 12.1 Å². The second kappa shape index (κ2) is 3.20. The van der Waals surface area contributed by atoms with Gasteiger partial charge in [0.05, 0.1) is 12.6 Å². The molecule has 1 aromatic carbocycles. The van der Waals surface area contributed by atoms with E-state index in [0.717, 1.165) is 11.0 Å². The number of furan rings is 1. The van der Waals surface area contributed by atoms with Gasteiger partial charge < -0.3 is 15.3 Å². The first kappa shape index (κ1) is 8.29. The molecule has 13 heavy (non-hydrogen) atoms. The van der Waals surface area contributed by atoms with Gasteiger partial charge in [0.25, 0.3) is 0 Å². The molecule has 3 N–H and O–H groups in total. The van der Waals surface area contributed by atoms with E-state index < -0.39 is 6.04 Å². The third-order valence-electron chi connectivity index (χ3n) is 2.01. The maximum atomic E-state index is 8.83. The summed E-state index contributed by atoms with van der Waals surface area (Å²) in [6.07, 6.45) is 0. The highest BCUT2D eigenvalue weighted by Gasteiger charge is 2.09. The topological polar surface area (TPSA) is 59.4 Å². The molecule has 3 nitrogen and oxygen atoms in total. The first-order valence-electron chi connectivity index (χ1n) is 4.16. The number of rotatable bonds is 2. The molecule has 68 valence electrons. The van der Waals surface area contributed by atoms with Crippen molar-refractivity contribution in [1.29, 1.82) is 0 Å². The van der Waals surface area contributed by atoms with Crippen molar-refractivity contribution in [3.63, 3.8) is 0 Å². The van der Waals surface area contributed by atoms with Crippen molar-refractivity contribution in [2.75, 3.05) is 6.61 Å². The minimum absolute atomic E-state index is 0.0974. The molecule has 1 atom stereocenters. The van der Waals surface area contributed by atoms with Crippen LogP contribution in [0.2, 0.25) is 0 Å². The molecule has 0 unspecified atom stereocenters. The SMILES string of the molecule is N[C@@H](CO)c1cc2ccccc2o1. The van der Waals surface area contributed by atoms with E-state index in [1.165, 1.54) is 0 Å². The monoisotopic (exact) mass is 177 g/mol. The van der Waals surface area contributed by atoms with Gasteiger partial charge in [-0.1, -0.05) is 18.2 Å². The maximum Gasteiger partial charge on any atom is 0.134 e. The lowest BCUT2D eigenvalue weighted by atomic mass is 10.2. The number of aliphatic hydroxyl groups excluding tert-OH is 1. The average molecular weight is 177 g/mol. The molecule has 1 aromatic heterocycles. The van der Waals surface area contributed by atoms with Gasteiger partial charge in [-0.25, -0.2) is 0 Å². The van der Waals surface area contributed by atoms with Crippen molar-refractivity contribution in [3.8, 4) is 0 Å². The minimum Gasteiger partial charge on any atom is -0.459 e. The van der Waals surface area contributed by atoms with Crippen LogP contribution in [0.25, 0.3) is 11.0 Å². The first-order valence-corrected chi connectivity index (χ1v) is 4.16. The number of para-hydroxylation sites is 1. The molecular weight excluding hydrogens is 166 g/mol. The summed E-state index contributed by atoms with van der Waals surface area (Å²) in [5.74, 6) is 0.628. The predicted molar refractivity (Wildman–Crippen MR) is 50.2 cm³/mol. The van der Waals surface area contributed by atoms with E-state index in [2.05, 4.69) is 0 Å². The van der Waals surface area contributed by atoms with E-state index >= 15 is 0 Å². The van der Waals surface area contributed by atoms with Crippen molar-refractivity contribution < 1.29 is 9.52 Å². The van der Waals surface area contributed by atoms with Crippen molar-refractivity contribution in [3.05, 3.63) is 36.1 Å². The van der Waals surface area contributed by atoms with E-state index in [1.807, 2.05) is 30.3 Å². The molecule has 0 aliphatic rings. The number of benzene rings is 1. The van der Waals surface area contributed by atoms with E-state index in [1.54, 1.807) is 0 Å². The van der Waals surface area contributed by atoms with E-state index in [4.69, 9.17) is 15.3 Å².